The second kappa shape index (κ2) is 6.34. The van der Waals surface area contributed by atoms with Crippen LogP contribution in [-0.4, -0.2) is 28.8 Å². The van der Waals surface area contributed by atoms with Crippen LogP contribution in [0, 0.1) is 5.92 Å². The van der Waals surface area contributed by atoms with E-state index in [4.69, 9.17) is 4.74 Å². The molecule has 1 aromatic rings. The van der Waals surface area contributed by atoms with Gasteiger partial charge in [-0.3, -0.25) is 0 Å². The molecule has 2 rings (SSSR count). The molecular formula is C14H25N3O. The van der Waals surface area contributed by atoms with E-state index < -0.39 is 0 Å². The summed E-state index contributed by atoms with van der Waals surface area (Å²) in [5.41, 5.74) is 1.29. The molecule has 1 fully saturated rings. The number of hydrogen-bond donors (Lipinski definition) is 1. The van der Waals surface area contributed by atoms with E-state index in [9.17, 15) is 0 Å². The van der Waals surface area contributed by atoms with Gasteiger partial charge in [0.2, 0.25) is 0 Å². The van der Waals surface area contributed by atoms with E-state index in [2.05, 4.69) is 35.6 Å². The number of nitrogens with one attached hydrogen (secondary N) is 1. The van der Waals surface area contributed by atoms with Crippen molar-refractivity contribution in [3.8, 4) is 0 Å². The zero-order valence-electron chi connectivity index (χ0n) is 11.7. The van der Waals surface area contributed by atoms with Crippen molar-refractivity contribution < 1.29 is 4.74 Å². The topological polar surface area (TPSA) is 39.1 Å². The molecule has 0 amide bonds. The molecule has 1 aliphatic carbocycles. The third-order valence-electron chi connectivity index (χ3n) is 3.47. The Morgan fingerprint density at radius 3 is 2.94 bits per heavy atom. The number of nitrogens with zero attached hydrogens (tertiary/aromatic N) is 2. The van der Waals surface area contributed by atoms with Crippen LogP contribution in [0.2, 0.25) is 0 Å². The van der Waals surface area contributed by atoms with Gasteiger partial charge in [-0.1, -0.05) is 13.8 Å². The molecule has 4 nitrogen and oxygen atoms in total. The predicted molar refractivity (Wildman–Crippen MR) is 72.5 cm³/mol. The van der Waals surface area contributed by atoms with E-state index in [0.717, 1.165) is 32.5 Å². The molecule has 0 aromatic carbocycles. The minimum atomic E-state index is 0.457. The van der Waals surface area contributed by atoms with Crippen molar-refractivity contribution in [1.82, 2.24) is 14.9 Å². The maximum Gasteiger partial charge on any atom is 0.0951 e. The summed E-state index contributed by atoms with van der Waals surface area (Å²) in [7, 11) is 0. The lowest BCUT2D eigenvalue weighted by atomic mass is 9.89. The first kappa shape index (κ1) is 13.6. The van der Waals surface area contributed by atoms with Crippen molar-refractivity contribution in [2.75, 3.05) is 13.2 Å². The van der Waals surface area contributed by atoms with E-state index in [1.165, 1.54) is 5.69 Å². The van der Waals surface area contributed by atoms with E-state index >= 15 is 0 Å². The van der Waals surface area contributed by atoms with Gasteiger partial charge in [0.15, 0.2) is 0 Å². The van der Waals surface area contributed by atoms with Crippen molar-refractivity contribution >= 4 is 0 Å². The normalized spacial score (nSPS) is 23.3. The highest BCUT2D eigenvalue weighted by Crippen LogP contribution is 2.35. The Kier molecular flexibility index (Phi) is 4.78. The molecule has 0 atom stereocenters. The van der Waals surface area contributed by atoms with Gasteiger partial charge in [-0.25, -0.2) is 4.98 Å². The fourth-order valence-electron chi connectivity index (χ4n) is 2.42. The van der Waals surface area contributed by atoms with Gasteiger partial charge in [0.25, 0.3) is 0 Å². The Hall–Kier alpha value is -0.870. The zero-order valence-corrected chi connectivity index (χ0v) is 11.7. The summed E-state index contributed by atoms with van der Waals surface area (Å²) in [6.45, 7) is 9.30. The van der Waals surface area contributed by atoms with Crippen molar-refractivity contribution in [1.29, 1.82) is 0 Å². The Labute approximate surface area is 110 Å². The minimum Gasteiger partial charge on any atom is -0.378 e. The predicted octanol–water partition coefficient (Wildman–Crippen LogP) is 2.37. The van der Waals surface area contributed by atoms with E-state index in [0.29, 0.717) is 18.1 Å². The molecular weight excluding hydrogens is 226 g/mol. The van der Waals surface area contributed by atoms with Gasteiger partial charge in [0.1, 0.15) is 0 Å². The van der Waals surface area contributed by atoms with Crippen LogP contribution in [-0.2, 0) is 11.3 Å². The van der Waals surface area contributed by atoms with Gasteiger partial charge < -0.3 is 14.6 Å². The van der Waals surface area contributed by atoms with E-state index in [1.54, 1.807) is 0 Å². The van der Waals surface area contributed by atoms with E-state index in [-0.39, 0.29) is 0 Å². The average Bonchev–Trinajstić information content (AvgIpc) is 2.70. The summed E-state index contributed by atoms with van der Waals surface area (Å²) in [4.78, 5) is 4.28. The van der Waals surface area contributed by atoms with Crippen LogP contribution in [0.15, 0.2) is 12.5 Å². The van der Waals surface area contributed by atoms with Crippen LogP contribution in [0.1, 0.15) is 45.3 Å². The van der Waals surface area contributed by atoms with Gasteiger partial charge >= 0.3 is 0 Å². The molecule has 0 aliphatic heterocycles. The first-order valence-electron chi connectivity index (χ1n) is 7.03. The average molecular weight is 251 g/mol. The number of ether oxygens (including phenoxy) is 1. The standard InChI is InChI=1S/C14H25N3O/c1-4-18-14-5-12(6-14)17-10-16-9-13(17)8-15-7-11(2)3/h9-12,14-15H,4-8H2,1-3H3. The fourth-order valence-corrected chi connectivity index (χ4v) is 2.42. The fraction of sp³-hybridized carbons (Fsp3) is 0.786. The van der Waals surface area contributed by atoms with Crippen molar-refractivity contribution in [3.63, 3.8) is 0 Å². The molecule has 0 radical (unpaired) electrons. The highest BCUT2D eigenvalue weighted by molar-refractivity contribution is 5.03. The number of hydrogen-bond acceptors (Lipinski definition) is 3. The monoisotopic (exact) mass is 251 g/mol. The molecule has 1 N–H and O–H groups in total. The third kappa shape index (κ3) is 3.33. The Bertz CT molecular complexity index is 356. The summed E-state index contributed by atoms with van der Waals surface area (Å²) >= 11 is 0. The highest BCUT2D eigenvalue weighted by atomic mass is 16.5. The van der Waals surface area contributed by atoms with Crippen LogP contribution >= 0.6 is 0 Å². The van der Waals surface area contributed by atoms with Gasteiger partial charge in [0, 0.05) is 25.4 Å². The second-order valence-corrected chi connectivity index (χ2v) is 5.52. The lowest BCUT2D eigenvalue weighted by molar-refractivity contribution is -0.0203. The summed E-state index contributed by atoms with van der Waals surface area (Å²) in [5, 5.41) is 3.47. The molecule has 1 aromatic heterocycles. The molecule has 0 spiro atoms. The molecule has 18 heavy (non-hydrogen) atoms. The zero-order chi connectivity index (χ0) is 13.0. The van der Waals surface area contributed by atoms with Crippen LogP contribution < -0.4 is 5.32 Å². The smallest absolute Gasteiger partial charge is 0.0951 e. The largest absolute Gasteiger partial charge is 0.378 e. The Morgan fingerprint density at radius 2 is 2.28 bits per heavy atom. The molecule has 0 bridgehead atoms. The maximum atomic E-state index is 5.61. The molecule has 1 aliphatic rings. The Balaban J connectivity index is 1.81. The summed E-state index contributed by atoms with van der Waals surface area (Å²) in [5.74, 6) is 0.687. The van der Waals surface area contributed by atoms with Crippen molar-refractivity contribution in [3.05, 3.63) is 18.2 Å². The van der Waals surface area contributed by atoms with Crippen LogP contribution in [0.4, 0.5) is 0 Å². The number of aromatic nitrogens is 2. The quantitative estimate of drug-likeness (QED) is 0.808. The van der Waals surface area contributed by atoms with Gasteiger partial charge in [-0.2, -0.15) is 0 Å². The molecule has 1 heterocycles. The number of imidazole rings is 1. The van der Waals surface area contributed by atoms with Gasteiger partial charge in [-0.15, -0.1) is 0 Å². The first-order valence-corrected chi connectivity index (χ1v) is 7.03. The lowest BCUT2D eigenvalue weighted by Gasteiger charge is -2.36. The maximum absolute atomic E-state index is 5.61. The summed E-state index contributed by atoms with van der Waals surface area (Å²) in [6.07, 6.45) is 6.64. The SMILES string of the molecule is CCOC1CC(n2cncc2CNCC(C)C)C1. The van der Waals surface area contributed by atoms with Crippen molar-refractivity contribution in [2.45, 2.75) is 52.3 Å². The summed E-state index contributed by atoms with van der Waals surface area (Å²) in [6, 6.07) is 0.583. The molecule has 0 unspecified atom stereocenters. The van der Waals surface area contributed by atoms with E-state index in [1.807, 2.05) is 12.5 Å². The minimum absolute atomic E-state index is 0.457. The number of rotatable bonds is 7. The van der Waals surface area contributed by atoms with Gasteiger partial charge in [0.05, 0.1) is 18.1 Å². The van der Waals surface area contributed by atoms with Crippen LogP contribution in [0.5, 0.6) is 0 Å². The molecule has 102 valence electrons. The lowest BCUT2D eigenvalue weighted by Crippen LogP contribution is -2.34. The molecule has 1 saturated carbocycles. The molecule has 4 heteroatoms. The van der Waals surface area contributed by atoms with Crippen LogP contribution in [0.3, 0.4) is 0 Å². The second-order valence-electron chi connectivity index (χ2n) is 5.52. The Morgan fingerprint density at radius 1 is 1.50 bits per heavy atom. The van der Waals surface area contributed by atoms with Crippen LogP contribution in [0.25, 0.3) is 0 Å². The highest BCUT2D eigenvalue weighted by Gasteiger charge is 2.31. The van der Waals surface area contributed by atoms with Gasteiger partial charge in [-0.05, 0) is 32.2 Å². The first-order chi connectivity index (χ1) is 8.70. The van der Waals surface area contributed by atoms with Crippen molar-refractivity contribution in [2.24, 2.45) is 5.92 Å². The summed E-state index contributed by atoms with van der Waals surface area (Å²) < 4.78 is 7.92. The molecule has 0 saturated heterocycles. The third-order valence-corrected chi connectivity index (χ3v) is 3.47.